The standard InChI is InChI=1S/C34H31NO5/c1-21(2)24-12-15-27(16-13-24)35-31(25-10-7-11-28(36)19-25)30(33(38)34(35)39)32(37)26-14-17-29(22(3)18-26)40-20-23-8-5-4-6-9-23/h4-19,21,31,36-37H,20H2,1-3H3/b32-30-. The second-order valence-corrected chi connectivity index (χ2v) is 10.3. The van der Waals surface area contributed by atoms with Crippen LogP contribution >= 0.6 is 0 Å². The number of nitrogens with zero attached hydrogens (tertiary/aromatic N) is 1. The fourth-order valence-corrected chi connectivity index (χ4v) is 4.98. The molecule has 5 rings (SSSR count). The summed E-state index contributed by atoms with van der Waals surface area (Å²) >= 11 is 0. The predicted molar refractivity (Wildman–Crippen MR) is 155 cm³/mol. The summed E-state index contributed by atoms with van der Waals surface area (Å²) in [5.74, 6) is -0.878. The molecular formula is C34H31NO5. The monoisotopic (exact) mass is 533 g/mol. The molecule has 0 saturated carbocycles. The maximum absolute atomic E-state index is 13.5. The Morgan fingerprint density at radius 3 is 2.27 bits per heavy atom. The summed E-state index contributed by atoms with van der Waals surface area (Å²) < 4.78 is 5.97. The molecule has 1 unspecified atom stereocenters. The summed E-state index contributed by atoms with van der Waals surface area (Å²) in [6, 6.07) is 27.9. The van der Waals surface area contributed by atoms with E-state index in [4.69, 9.17) is 4.74 Å². The third-order valence-electron chi connectivity index (χ3n) is 7.15. The van der Waals surface area contributed by atoms with E-state index in [2.05, 4.69) is 13.8 Å². The largest absolute Gasteiger partial charge is 0.508 e. The predicted octanol–water partition coefficient (Wildman–Crippen LogP) is 7.03. The molecule has 40 heavy (non-hydrogen) atoms. The van der Waals surface area contributed by atoms with Crippen molar-refractivity contribution in [3.05, 3.63) is 130 Å². The minimum absolute atomic E-state index is 0.00555. The van der Waals surface area contributed by atoms with Crippen LogP contribution in [-0.4, -0.2) is 21.9 Å². The van der Waals surface area contributed by atoms with Crippen molar-refractivity contribution >= 4 is 23.1 Å². The van der Waals surface area contributed by atoms with Crippen molar-refractivity contribution < 1.29 is 24.5 Å². The summed E-state index contributed by atoms with van der Waals surface area (Å²) in [4.78, 5) is 28.3. The average molecular weight is 534 g/mol. The lowest BCUT2D eigenvalue weighted by atomic mass is 9.94. The summed E-state index contributed by atoms with van der Waals surface area (Å²) in [5, 5.41) is 21.7. The second kappa shape index (κ2) is 11.1. The van der Waals surface area contributed by atoms with E-state index in [0.717, 1.165) is 16.7 Å². The Bertz CT molecular complexity index is 1590. The van der Waals surface area contributed by atoms with Crippen molar-refractivity contribution in [3.8, 4) is 11.5 Å². The van der Waals surface area contributed by atoms with E-state index < -0.39 is 17.7 Å². The summed E-state index contributed by atoms with van der Waals surface area (Å²) in [6.45, 7) is 6.41. The Balaban J connectivity index is 1.55. The van der Waals surface area contributed by atoms with Gasteiger partial charge in [-0.05, 0) is 77.6 Å². The smallest absolute Gasteiger partial charge is 0.300 e. The lowest BCUT2D eigenvalue weighted by molar-refractivity contribution is -0.132. The number of anilines is 1. The number of ether oxygens (including phenoxy) is 1. The van der Waals surface area contributed by atoms with Crippen molar-refractivity contribution in [2.24, 2.45) is 0 Å². The van der Waals surface area contributed by atoms with Gasteiger partial charge in [0.1, 0.15) is 23.9 Å². The van der Waals surface area contributed by atoms with Crippen molar-refractivity contribution in [3.63, 3.8) is 0 Å². The Morgan fingerprint density at radius 1 is 0.900 bits per heavy atom. The number of aliphatic hydroxyl groups is 1. The first kappa shape index (κ1) is 26.8. The van der Waals surface area contributed by atoms with Gasteiger partial charge in [-0.3, -0.25) is 14.5 Å². The zero-order valence-corrected chi connectivity index (χ0v) is 22.7. The van der Waals surface area contributed by atoms with Gasteiger partial charge in [0, 0.05) is 11.3 Å². The van der Waals surface area contributed by atoms with Crippen LogP contribution in [0.4, 0.5) is 5.69 Å². The number of amides is 1. The molecule has 1 heterocycles. The lowest BCUT2D eigenvalue weighted by Gasteiger charge is -2.26. The molecule has 1 aliphatic rings. The molecule has 2 N–H and O–H groups in total. The summed E-state index contributed by atoms with van der Waals surface area (Å²) in [5.41, 5.74) is 4.28. The zero-order chi connectivity index (χ0) is 28.4. The van der Waals surface area contributed by atoms with E-state index in [1.807, 2.05) is 49.4 Å². The van der Waals surface area contributed by atoms with Crippen LogP contribution in [0.15, 0.2) is 103 Å². The molecule has 1 aliphatic heterocycles. The molecule has 0 aromatic heterocycles. The number of Topliss-reactive ketones (excluding diaryl/α,β-unsaturated/α-hetero) is 1. The van der Waals surface area contributed by atoms with Crippen molar-refractivity contribution in [2.45, 2.75) is 39.3 Å². The van der Waals surface area contributed by atoms with Gasteiger partial charge in [0.05, 0.1) is 11.6 Å². The first-order valence-corrected chi connectivity index (χ1v) is 13.2. The van der Waals surface area contributed by atoms with E-state index in [-0.39, 0.29) is 17.1 Å². The number of aromatic hydroxyl groups is 1. The molecular weight excluding hydrogens is 502 g/mol. The van der Waals surface area contributed by atoms with E-state index in [9.17, 15) is 19.8 Å². The number of carbonyl (C=O) groups is 2. The van der Waals surface area contributed by atoms with E-state index in [1.54, 1.807) is 42.5 Å². The number of phenolic OH excluding ortho intramolecular Hbond substituents is 1. The lowest BCUT2D eigenvalue weighted by Crippen LogP contribution is -2.29. The molecule has 202 valence electrons. The van der Waals surface area contributed by atoms with Gasteiger partial charge in [0.25, 0.3) is 11.7 Å². The van der Waals surface area contributed by atoms with Crippen LogP contribution in [0.1, 0.15) is 53.6 Å². The summed E-state index contributed by atoms with van der Waals surface area (Å²) in [6.07, 6.45) is 0. The second-order valence-electron chi connectivity index (χ2n) is 10.3. The van der Waals surface area contributed by atoms with Gasteiger partial charge in [-0.1, -0.05) is 68.4 Å². The van der Waals surface area contributed by atoms with Gasteiger partial charge in [0.2, 0.25) is 0 Å². The highest BCUT2D eigenvalue weighted by Gasteiger charge is 2.47. The van der Waals surface area contributed by atoms with Crippen LogP contribution in [0.25, 0.3) is 5.76 Å². The number of hydrogen-bond acceptors (Lipinski definition) is 5. The minimum Gasteiger partial charge on any atom is -0.508 e. The average Bonchev–Trinajstić information content (AvgIpc) is 3.22. The fourth-order valence-electron chi connectivity index (χ4n) is 4.98. The first-order valence-electron chi connectivity index (χ1n) is 13.2. The molecule has 0 radical (unpaired) electrons. The highest BCUT2D eigenvalue weighted by molar-refractivity contribution is 6.51. The van der Waals surface area contributed by atoms with E-state index in [0.29, 0.717) is 35.1 Å². The molecule has 4 aromatic rings. The zero-order valence-electron chi connectivity index (χ0n) is 22.7. The van der Waals surface area contributed by atoms with Gasteiger partial charge in [-0.15, -0.1) is 0 Å². The molecule has 1 saturated heterocycles. The van der Waals surface area contributed by atoms with Gasteiger partial charge >= 0.3 is 0 Å². The Hall–Kier alpha value is -4.84. The van der Waals surface area contributed by atoms with Crippen LogP contribution in [0.2, 0.25) is 0 Å². The van der Waals surface area contributed by atoms with Crippen LogP contribution in [0, 0.1) is 6.92 Å². The van der Waals surface area contributed by atoms with Gasteiger partial charge in [-0.2, -0.15) is 0 Å². The van der Waals surface area contributed by atoms with Crippen LogP contribution in [0.3, 0.4) is 0 Å². The van der Waals surface area contributed by atoms with Crippen LogP contribution < -0.4 is 9.64 Å². The fraction of sp³-hybridized carbons (Fsp3) is 0.176. The SMILES string of the molecule is Cc1cc(/C(O)=C2/C(=O)C(=O)N(c3ccc(C(C)C)cc3)C2c2cccc(O)c2)ccc1OCc1ccccc1. The number of ketones is 1. The van der Waals surface area contributed by atoms with E-state index in [1.165, 1.54) is 17.0 Å². The number of aliphatic hydroxyl groups excluding tert-OH is 1. The van der Waals surface area contributed by atoms with Gasteiger partial charge in [-0.25, -0.2) is 0 Å². The maximum atomic E-state index is 13.5. The molecule has 6 heteroatoms. The van der Waals surface area contributed by atoms with Crippen molar-refractivity contribution in [1.29, 1.82) is 0 Å². The minimum atomic E-state index is -0.925. The maximum Gasteiger partial charge on any atom is 0.300 e. The molecule has 0 bridgehead atoms. The van der Waals surface area contributed by atoms with E-state index >= 15 is 0 Å². The molecule has 4 aromatic carbocycles. The number of hydrogen-bond donors (Lipinski definition) is 2. The number of carbonyl (C=O) groups excluding carboxylic acids is 2. The highest BCUT2D eigenvalue weighted by atomic mass is 16.5. The third kappa shape index (κ3) is 5.21. The first-order chi connectivity index (χ1) is 19.2. The molecule has 0 spiro atoms. The molecule has 1 fully saturated rings. The number of benzene rings is 4. The third-order valence-corrected chi connectivity index (χ3v) is 7.15. The Kier molecular flexibility index (Phi) is 7.43. The topological polar surface area (TPSA) is 87.1 Å². The van der Waals surface area contributed by atoms with Crippen molar-refractivity contribution in [1.82, 2.24) is 0 Å². The van der Waals surface area contributed by atoms with Crippen molar-refractivity contribution in [2.75, 3.05) is 4.90 Å². The molecule has 1 atom stereocenters. The quantitative estimate of drug-likeness (QED) is 0.151. The number of aryl methyl sites for hydroxylation is 1. The molecule has 1 amide bonds. The van der Waals surface area contributed by atoms with Gasteiger partial charge in [0.15, 0.2) is 0 Å². The molecule has 6 nitrogen and oxygen atoms in total. The van der Waals surface area contributed by atoms with Gasteiger partial charge < -0.3 is 14.9 Å². The molecule has 0 aliphatic carbocycles. The number of rotatable bonds is 7. The Morgan fingerprint density at radius 2 is 1.62 bits per heavy atom. The Labute approximate surface area is 233 Å². The normalized spacial score (nSPS) is 16.5. The number of phenols is 1. The van der Waals surface area contributed by atoms with Crippen LogP contribution in [-0.2, 0) is 16.2 Å². The summed E-state index contributed by atoms with van der Waals surface area (Å²) in [7, 11) is 0. The van der Waals surface area contributed by atoms with Crippen LogP contribution in [0.5, 0.6) is 11.5 Å². The highest BCUT2D eigenvalue weighted by Crippen LogP contribution is 2.43.